The van der Waals surface area contributed by atoms with Gasteiger partial charge in [0.25, 0.3) is 10.0 Å². The van der Waals surface area contributed by atoms with Crippen molar-refractivity contribution >= 4 is 50.1 Å². The number of aromatic nitrogens is 3. The van der Waals surface area contributed by atoms with E-state index in [4.69, 9.17) is 11.6 Å². The summed E-state index contributed by atoms with van der Waals surface area (Å²) < 4.78 is 31.7. The molecule has 130 valence electrons. The van der Waals surface area contributed by atoms with Gasteiger partial charge in [-0.3, -0.25) is 4.72 Å². The Balaban J connectivity index is 1.71. The molecule has 0 aliphatic rings. The number of hydrogen-bond acceptors (Lipinski definition) is 7. The molecule has 0 unspecified atom stereocenters. The Labute approximate surface area is 158 Å². The van der Waals surface area contributed by atoms with E-state index in [1.54, 1.807) is 25.3 Å². The Morgan fingerprint density at radius 1 is 1.24 bits per heavy atom. The standard InChI is InChI=1S/C15H13ClN4O2S3/c1-10-11(16)5-4-6-12(10)25(21,22)20-15-18-13(19-24-15)9-23-14-7-2-3-8-17-14/h2-8H,9H2,1H3,(H,18,19,20). The molecule has 0 aliphatic carbocycles. The van der Waals surface area contributed by atoms with Crippen molar-refractivity contribution in [1.29, 1.82) is 0 Å². The Hall–Kier alpha value is -1.68. The Bertz CT molecular complexity index is 977. The molecule has 3 rings (SSSR count). The molecule has 2 aromatic heterocycles. The number of halogens is 1. The molecule has 0 saturated heterocycles. The number of sulfonamides is 1. The van der Waals surface area contributed by atoms with Crippen molar-refractivity contribution in [2.75, 3.05) is 4.72 Å². The summed E-state index contributed by atoms with van der Waals surface area (Å²) in [5, 5.41) is 1.47. The van der Waals surface area contributed by atoms with Gasteiger partial charge in [0.1, 0.15) is 0 Å². The van der Waals surface area contributed by atoms with E-state index in [0.717, 1.165) is 16.6 Å². The van der Waals surface area contributed by atoms with E-state index in [1.807, 2.05) is 18.2 Å². The van der Waals surface area contributed by atoms with Crippen LogP contribution in [0.3, 0.4) is 0 Å². The molecule has 1 N–H and O–H groups in total. The Kier molecular flexibility index (Phi) is 5.57. The number of hydrogen-bond donors (Lipinski definition) is 1. The Morgan fingerprint density at radius 3 is 2.84 bits per heavy atom. The molecule has 0 fully saturated rings. The molecule has 10 heteroatoms. The summed E-state index contributed by atoms with van der Waals surface area (Å²) in [5.41, 5.74) is 0.493. The first-order valence-corrected chi connectivity index (χ1v) is 10.7. The van der Waals surface area contributed by atoms with E-state index < -0.39 is 10.0 Å². The molecule has 0 amide bonds. The normalized spacial score (nSPS) is 11.4. The fraction of sp³-hybridized carbons (Fsp3) is 0.133. The van der Waals surface area contributed by atoms with Gasteiger partial charge in [-0.15, -0.1) is 0 Å². The van der Waals surface area contributed by atoms with E-state index in [2.05, 4.69) is 19.1 Å². The average molecular weight is 413 g/mol. The largest absolute Gasteiger partial charge is 0.264 e. The van der Waals surface area contributed by atoms with Gasteiger partial charge in [0.05, 0.1) is 15.7 Å². The van der Waals surface area contributed by atoms with Gasteiger partial charge in [-0.05, 0) is 36.8 Å². The minimum Gasteiger partial charge on any atom is -0.253 e. The topological polar surface area (TPSA) is 84.8 Å². The molecule has 0 aliphatic heterocycles. The van der Waals surface area contributed by atoms with Gasteiger partial charge in [0.15, 0.2) is 5.82 Å². The van der Waals surface area contributed by atoms with Gasteiger partial charge in [-0.1, -0.05) is 35.5 Å². The average Bonchev–Trinajstić information content (AvgIpc) is 3.03. The van der Waals surface area contributed by atoms with Crippen LogP contribution in [0.1, 0.15) is 11.4 Å². The van der Waals surface area contributed by atoms with Crippen LogP contribution >= 0.6 is 34.9 Å². The smallest absolute Gasteiger partial charge is 0.253 e. The van der Waals surface area contributed by atoms with Crippen LogP contribution in [0.25, 0.3) is 0 Å². The van der Waals surface area contributed by atoms with Gasteiger partial charge in [-0.2, -0.15) is 4.37 Å². The van der Waals surface area contributed by atoms with Crippen LogP contribution in [-0.2, 0) is 15.8 Å². The van der Waals surface area contributed by atoms with Crippen molar-refractivity contribution < 1.29 is 8.42 Å². The zero-order valence-electron chi connectivity index (χ0n) is 13.0. The maximum Gasteiger partial charge on any atom is 0.264 e. The predicted molar refractivity (Wildman–Crippen MR) is 101 cm³/mol. The first-order valence-electron chi connectivity index (χ1n) is 7.10. The van der Waals surface area contributed by atoms with Crippen LogP contribution in [-0.4, -0.2) is 22.8 Å². The van der Waals surface area contributed by atoms with Crippen molar-refractivity contribution in [3.05, 3.63) is 59.0 Å². The first kappa shape index (κ1) is 18.1. The van der Waals surface area contributed by atoms with Crippen molar-refractivity contribution in [3.63, 3.8) is 0 Å². The Morgan fingerprint density at radius 2 is 2.08 bits per heavy atom. The lowest BCUT2D eigenvalue weighted by Crippen LogP contribution is -2.14. The number of pyridine rings is 1. The highest BCUT2D eigenvalue weighted by Crippen LogP contribution is 2.26. The predicted octanol–water partition coefficient (Wildman–Crippen LogP) is 3.99. The zero-order chi connectivity index (χ0) is 17.9. The summed E-state index contributed by atoms with van der Waals surface area (Å²) in [6, 6.07) is 10.4. The number of nitrogens with one attached hydrogen (secondary N) is 1. The molecule has 0 bridgehead atoms. The molecule has 0 spiro atoms. The lowest BCUT2D eigenvalue weighted by Gasteiger charge is -2.08. The minimum atomic E-state index is -3.77. The van der Waals surface area contributed by atoms with Gasteiger partial charge < -0.3 is 0 Å². The molecular formula is C15H13ClN4O2S3. The molecule has 0 atom stereocenters. The lowest BCUT2D eigenvalue weighted by atomic mass is 10.2. The second kappa shape index (κ2) is 7.69. The molecule has 2 heterocycles. The lowest BCUT2D eigenvalue weighted by molar-refractivity contribution is 0.600. The van der Waals surface area contributed by atoms with Crippen LogP contribution in [0.4, 0.5) is 5.13 Å². The van der Waals surface area contributed by atoms with E-state index >= 15 is 0 Å². The summed E-state index contributed by atoms with van der Waals surface area (Å²) in [7, 11) is -3.77. The van der Waals surface area contributed by atoms with E-state index in [-0.39, 0.29) is 10.0 Å². The molecule has 3 aromatic rings. The van der Waals surface area contributed by atoms with Gasteiger partial charge >= 0.3 is 0 Å². The highest BCUT2D eigenvalue weighted by atomic mass is 35.5. The van der Waals surface area contributed by atoms with Crippen LogP contribution in [0.5, 0.6) is 0 Å². The molecule has 0 saturated carbocycles. The number of benzene rings is 1. The third-order valence-corrected chi connectivity index (χ3v) is 6.81. The monoisotopic (exact) mass is 412 g/mol. The third-order valence-electron chi connectivity index (χ3n) is 3.18. The van der Waals surface area contributed by atoms with Gasteiger partial charge in [0.2, 0.25) is 5.13 Å². The molecule has 0 radical (unpaired) electrons. The molecule has 1 aromatic carbocycles. The highest BCUT2D eigenvalue weighted by molar-refractivity contribution is 7.98. The van der Waals surface area contributed by atoms with E-state index in [9.17, 15) is 8.42 Å². The minimum absolute atomic E-state index is 0.125. The zero-order valence-corrected chi connectivity index (χ0v) is 16.2. The number of anilines is 1. The number of nitrogens with zero attached hydrogens (tertiary/aromatic N) is 3. The molecular weight excluding hydrogens is 400 g/mol. The number of thioether (sulfide) groups is 1. The maximum absolute atomic E-state index is 12.5. The van der Waals surface area contributed by atoms with Crippen LogP contribution < -0.4 is 4.72 Å². The van der Waals surface area contributed by atoms with Crippen LogP contribution in [0.15, 0.2) is 52.5 Å². The van der Waals surface area contributed by atoms with Crippen LogP contribution in [0.2, 0.25) is 5.02 Å². The summed E-state index contributed by atoms with van der Waals surface area (Å²) in [6.45, 7) is 1.66. The summed E-state index contributed by atoms with van der Waals surface area (Å²) in [4.78, 5) is 8.55. The van der Waals surface area contributed by atoms with Crippen molar-refractivity contribution in [2.24, 2.45) is 0 Å². The third kappa shape index (κ3) is 4.49. The fourth-order valence-electron chi connectivity index (χ4n) is 1.97. The maximum atomic E-state index is 12.5. The van der Waals surface area contributed by atoms with Crippen molar-refractivity contribution in [1.82, 2.24) is 14.3 Å². The number of rotatable bonds is 6. The second-order valence-corrected chi connectivity index (χ2v) is 8.75. The van der Waals surface area contributed by atoms with E-state index in [0.29, 0.717) is 22.2 Å². The SMILES string of the molecule is Cc1c(Cl)cccc1S(=O)(=O)Nc1nc(CSc2ccccn2)ns1. The van der Waals surface area contributed by atoms with E-state index in [1.165, 1.54) is 17.8 Å². The van der Waals surface area contributed by atoms with Gasteiger partial charge in [0, 0.05) is 22.8 Å². The second-order valence-electron chi connectivity index (χ2n) is 4.94. The highest BCUT2D eigenvalue weighted by Gasteiger charge is 2.20. The molecule has 25 heavy (non-hydrogen) atoms. The quantitative estimate of drug-likeness (QED) is 0.616. The van der Waals surface area contributed by atoms with Gasteiger partial charge in [-0.25, -0.2) is 18.4 Å². The summed E-state index contributed by atoms with van der Waals surface area (Å²) in [5.74, 6) is 1.05. The van der Waals surface area contributed by atoms with Crippen molar-refractivity contribution in [3.8, 4) is 0 Å². The fourth-order valence-corrected chi connectivity index (χ4v) is 5.08. The summed E-state index contributed by atoms with van der Waals surface area (Å²) in [6.07, 6.45) is 1.71. The van der Waals surface area contributed by atoms with Crippen molar-refractivity contribution in [2.45, 2.75) is 22.6 Å². The molecule has 6 nitrogen and oxygen atoms in total. The van der Waals surface area contributed by atoms with Crippen LogP contribution in [0, 0.1) is 6.92 Å². The summed E-state index contributed by atoms with van der Waals surface area (Å²) >= 11 is 8.48. The first-order chi connectivity index (χ1) is 12.0.